The maximum atomic E-state index is 13.2. The van der Waals surface area contributed by atoms with Crippen molar-refractivity contribution in [1.82, 2.24) is 4.98 Å². The van der Waals surface area contributed by atoms with Crippen molar-refractivity contribution in [2.45, 2.75) is 13.0 Å². The fraction of sp³-hybridized carbons (Fsp3) is 0.182. The second-order valence-electron chi connectivity index (χ2n) is 3.49. The zero-order chi connectivity index (χ0) is 12.4. The first-order valence-electron chi connectivity index (χ1n) is 4.88. The molecule has 0 fully saturated rings. The maximum absolute atomic E-state index is 13.2. The predicted molar refractivity (Wildman–Crippen MR) is 70.6 cm³/mol. The SMILES string of the molecule is CC(Nc1cc(Cl)c(F)c(Cl)c1)c1nccs1. The van der Waals surface area contributed by atoms with Gasteiger partial charge in [-0.05, 0) is 19.1 Å². The van der Waals surface area contributed by atoms with E-state index in [0.29, 0.717) is 5.69 Å². The lowest BCUT2D eigenvalue weighted by molar-refractivity contribution is 0.628. The van der Waals surface area contributed by atoms with E-state index in [9.17, 15) is 4.39 Å². The Morgan fingerprint density at radius 1 is 1.35 bits per heavy atom. The lowest BCUT2D eigenvalue weighted by Gasteiger charge is -2.13. The summed E-state index contributed by atoms with van der Waals surface area (Å²) in [5.41, 5.74) is 0.670. The number of hydrogen-bond donors (Lipinski definition) is 1. The highest BCUT2D eigenvalue weighted by atomic mass is 35.5. The Bertz CT molecular complexity index is 493. The Hall–Kier alpha value is -0.840. The molecule has 1 heterocycles. The average molecular weight is 291 g/mol. The first-order valence-corrected chi connectivity index (χ1v) is 6.52. The van der Waals surface area contributed by atoms with E-state index in [1.54, 1.807) is 17.5 Å². The van der Waals surface area contributed by atoms with E-state index >= 15 is 0 Å². The average Bonchev–Trinajstić information content (AvgIpc) is 2.79. The molecule has 1 unspecified atom stereocenters. The molecule has 0 radical (unpaired) electrons. The van der Waals surface area contributed by atoms with Crippen LogP contribution in [0.2, 0.25) is 10.0 Å². The summed E-state index contributed by atoms with van der Waals surface area (Å²) in [5, 5.41) is 6.02. The molecule has 0 aliphatic heterocycles. The Morgan fingerprint density at radius 2 is 2.00 bits per heavy atom. The summed E-state index contributed by atoms with van der Waals surface area (Å²) in [5.74, 6) is -0.596. The summed E-state index contributed by atoms with van der Waals surface area (Å²) in [6, 6.07) is 3.03. The van der Waals surface area contributed by atoms with Crippen LogP contribution in [0.3, 0.4) is 0 Å². The van der Waals surface area contributed by atoms with E-state index in [4.69, 9.17) is 23.2 Å². The number of halogens is 3. The van der Waals surface area contributed by atoms with Crippen LogP contribution in [-0.2, 0) is 0 Å². The Morgan fingerprint density at radius 3 is 2.53 bits per heavy atom. The molecule has 6 heteroatoms. The van der Waals surface area contributed by atoms with Crippen LogP contribution in [0.25, 0.3) is 0 Å². The van der Waals surface area contributed by atoms with Gasteiger partial charge in [-0.2, -0.15) is 0 Å². The van der Waals surface area contributed by atoms with Gasteiger partial charge in [-0.15, -0.1) is 11.3 Å². The first-order chi connectivity index (χ1) is 8.08. The van der Waals surface area contributed by atoms with Crippen molar-refractivity contribution in [2.75, 3.05) is 5.32 Å². The third-order valence-corrected chi connectivity index (χ3v) is 3.70. The molecule has 0 saturated heterocycles. The van der Waals surface area contributed by atoms with Gasteiger partial charge in [0.05, 0.1) is 16.1 Å². The molecular formula is C11H9Cl2FN2S. The molecule has 0 spiro atoms. The molecular weight excluding hydrogens is 282 g/mol. The molecule has 90 valence electrons. The Labute approximate surface area is 112 Å². The van der Waals surface area contributed by atoms with Gasteiger partial charge < -0.3 is 5.32 Å². The number of rotatable bonds is 3. The number of benzene rings is 1. The largest absolute Gasteiger partial charge is 0.376 e. The molecule has 1 atom stereocenters. The van der Waals surface area contributed by atoms with Gasteiger partial charge >= 0.3 is 0 Å². The number of aromatic nitrogens is 1. The minimum atomic E-state index is -0.596. The topological polar surface area (TPSA) is 24.9 Å². The van der Waals surface area contributed by atoms with Crippen molar-refractivity contribution in [3.8, 4) is 0 Å². The normalized spacial score (nSPS) is 12.5. The molecule has 1 aromatic heterocycles. The zero-order valence-corrected chi connectivity index (χ0v) is 11.2. The van der Waals surface area contributed by atoms with E-state index in [0.717, 1.165) is 5.01 Å². The second-order valence-corrected chi connectivity index (χ2v) is 5.23. The lowest BCUT2D eigenvalue weighted by atomic mass is 10.2. The highest BCUT2D eigenvalue weighted by Crippen LogP contribution is 2.29. The minimum absolute atomic E-state index is 0.00587. The summed E-state index contributed by atoms with van der Waals surface area (Å²) in [6.45, 7) is 1.96. The summed E-state index contributed by atoms with van der Waals surface area (Å²) in [6.07, 6.45) is 1.74. The van der Waals surface area contributed by atoms with Crippen molar-refractivity contribution >= 4 is 40.2 Å². The van der Waals surface area contributed by atoms with Gasteiger partial charge in [0.2, 0.25) is 0 Å². The third kappa shape index (κ3) is 2.89. The number of nitrogens with zero attached hydrogens (tertiary/aromatic N) is 1. The fourth-order valence-electron chi connectivity index (χ4n) is 1.40. The van der Waals surface area contributed by atoms with Crippen LogP contribution in [0, 0.1) is 5.82 Å². The molecule has 1 N–H and O–H groups in total. The second kappa shape index (κ2) is 5.21. The summed E-state index contributed by atoms with van der Waals surface area (Å²) < 4.78 is 13.2. The number of anilines is 1. The van der Waals surface area contributed by atoms with Crippen molar-refractivity contribution in [3.63, 3.8) is 0 Å². The molecule has 0 saturated carbocycles. The zero-order valence-electron chi connectivity index (χ0n) is 8.88. The van der Waals surface area contributed by atoms with Crippen molar-refractivity contribution in [3.05, 3.63) is 44.6 Å². The van der Waals surface area contributed by atoms with Gasteiger partial charge in [-0.1, -0.05) is 23.2 Å². The summed E-state index contributed by atoms with van der Waals surface area (Å²) in [7, 11) is 0. The molecule has 2 nitrogen and oxygen atoms in total. The Kier molecular flexibility index (Phi) is 3.86. The molecule has 0 aliphatic carbocycles. The van der Waals surface area contributed by atoms with Crippen LogP contribution < -0.4 is 5.32 Å². The summed E-state index contributed by atoms with van der Waals surface area (Å²) >= 11 is 13.0. The predicted octanol–water partition coefficient (Wildman–Crippen LogP) is 4.76. The lowest BCUT2D eigenvalue weighted by Crippen LogP contribution is -2.06. The molecule has 0 amide bonds. The van der Waals surface area contributed by atoms with Gasteiger partial charge in [0, 0.05) is 17.3 Å². The molecule has 2 aromatic rings. The van der Waals surface area contributed by atoms with Crippen LogP contribution in [0.15, 0.2) is 23.7 Å². The fourth-order valence-corrected chi connectivity index (χ4v) is 2.53. The van der Waals surface area contributed by atoms with Crippen molar-refractivity contribution in [2.24, 2.45) is 0 Å². The summed E-state index contributed by atoms with van der Waals surface area (Å²) in [4.78, 5) is 4.19. The minimum Gasteiger partial charge on any atom is -0.376 e. The highest BCUT2D eigenvalue weighted by molar-refractivity contribution is 7.09. The van der Waals surface area contributed by atoms with Crippen LogP contribution in [0.5, 0.6) is 0 Å². The van der Waals surface area contributed by atoms with Crippen molar-refractivity contribution in [1.29, 1.82) is 0 Å². The monoisotopic (exact) mass is 290 g/mol. The standard InChI is InChI=1S/C11H9Cl2FN2S/c1-6(11-15-2-3-17-11)16-7-4-8(12)10(14)9(13)5-7/h2-6,16H,1H3. The van der Waals surface area contributed by atoms with Gasteiger partial charge in [0.1, 0.15) is 5.01 Å². The van der Waals surface area contributed by atoms with Gasteiger partial charge in [-0.25, -0.2) is 9.37 Å². The molecule has 1 aromatic carbocycles. The molecule has 0 bridgehead atoms. The van der Waals surface area contributed by atoms with Crippen LogP contribution in [0.1, 0.15) is 18.0 Å². The van der Waals surface area contributed by atoms with Gasteiger partial charge in [-0.3, -0.25) is 0 Å². The molecule has 0 aliphatic rings. The molecule has 2 rings (SSSR count). The smallest absolute Gasteiger partial charge is 0.160 e. The van der Waals surface area contributed by atoms with Crippen LogP contribution >= 0.6 is 34.5 Å². The van der Waals surface area contributed by atoms with Gasteiger partial charge in [0.25, 0.3) is 0 Å². The third-order valence-electron chi connectivity index (χ3n) is 2.19. The maximum Gasteiger partial charge on any atom is 0.160 e. The van der Waals surface area contributed by atoms with E-state index in [-0.39, 0.29) is 16.1 Å². The number of nitrogens with one attached hydrogen (secondary N) is 1. The quantitative estimate of drug-likeness (QED) is 0.824. The highest BCUT2D eigenvalue weighted by Gasteiger charge is 2.11. The van der Waals surface area contributed by atoms with E-state index in [1.807, 2.05) is 12.3 Å². The van der Waals surface area contributed by atoms with Crippen LogP contribution in [0.4, 0.5) is 10.1 Å². The first kappa shape index (κ1) is 12.6. The molecule has 17 heavy (non-hydrogen) atoms. The Balaban J connectivity index is 2.19. The van der Waals surface area contributed by atoms with E-state index in [1.165, 1.54) is 12.1 Å². The van der Waals surface area contributed by atoms with E-state index < -0.39 is 5.82 Å². The van der Waals surface area contributed by atoms with Crippen molar-refractivity contribution < 1.29 is 4.39 Å². The number of hydrogen-bond acceptors (Lipinski definition) is 3. The number of thiazole rings is 1. The van der Waals surface area contributed by atoms with Crippen LogP contribution in [-0.4, -0.2) is 4.98 Å². The van der Waals surface area contributed by atoms with Gasteiger partial charge in [0.15, 0.2) is 5.82 Å². The van der Waals surface area contributed by atoms with E-state index in [2.05, 4.69) is 10.3 Å².